The number of nitrogens with zero attached hydrogens (tertiary/aromatic N) is 2. The van der Waals surface area contributed by atoms with E-state index in [1.165, 1.54) is 29.7 Å². The van der Waals surface area contributed by atoms with Crippen LogP contribution < -0.4 is 14.8 Å². The summed E-state index contributed by atoms with van der Waals surface area (Å²) in [5.74, 6) is 0.349. The van der Waals surface area contributed by atoms with Gasteiger partial charge in [0.25, 0.3) is 0 Å². The second kappa shape index (κ2) is 11.1. The number of pyridine rings is 1. The molecule has 13 heteroatoms. The summed E-state index contributed by atoms with van der Waals surface area (Å²) in [5.41, 5.74) is -0.376. The van der Waals surface area contributed by atoms with Crippen molar-refractivity contribution in [2.45, 2.75) is 46.8 Å². The summed E-state index contributed by atoms with van der Waals surface area (Å²) in [6.45, 7) is 1.51. The highest BCUT2D eigenvalue weighted by Gasteiger charge is 2.44. The van der Waals surface area contributed by atoms with Crippen LogP contribution in [0.25, 0.3) is 0 Å². The Morgan fingerprint density at radius 1 is 1.19 bits per heavy atom. The quantitative estimate of drug-likeness (QED) is 0.388. The van der Waals surface area contributed by atoms with Gasteiger partial charge in [0.1, 0.15) is 23.4 Å². The van der Waals surface area contributed by atoms with Crippen molar-refractivity contribution in [3.05, 3.63) is 48.8 Å². The van der Waals surface area contributed by atoms with Crippen LogP contribution in [-0.4, -0.2) is 88.9 Å². The number of ether oxygens (including phenoxy) is 2. The second-order valence-corrected chi connectivity index (χ2v) is 12.9. The van der Waals surface area contributed by atoms with E-state index in [0.717, 1.165) is 6.42 Å². The molecular weight excluding hydrogens is 508 g/mol. The van der Waals surface area contributed by atoms with E-state index in [9.17, 15) is 21.9 Å². The van der Waals surface area contributed by atoms with Gasteiger partial charge in [0.05, 0.1) is 17.1 Å². The Balaban J connectivity index is 1.22. The third-order valence-electron chi connectivity index (χ3n) is 6.58. The maximum absolute atomic E-state index is 12.8. The highest BCUT2D eigenvalue weighted by Crippen LogP contribution is 2.37. The lowest BCUT2D eigenvalue weighted by Gasteiger charge is -2.38. The number of sulfonamides is 2. The molecule has 0 amide bonds. The summed E-state index contributed by atoms with van der Waals surface area (Å²) in [4.78, 5) is 4.19. The molecule has 2 unspecified atom stereocenters. The molecule has 2 aliphatic rings. The fourth-order valence-corrected chi connectivity index (χ4v) is 6.68. The SMILES string of the molecule is CNS(=O)(=O)c1cccc(OCC(O)CNC2COC3(CCN(S(=O)(=O)c4cccnc4)CC3)C2)c1. The molecule has 0 aliphatic carbocycles. The normalized spacial score (nSPS) is 21.4. The van der Waals surface area contributed by atoms with Crippen molar-refractivity contribution in [1.29, 1.82) is 0 Å². The van der Waals surface area contributed by atoms with E-state index >= 15 is 0 Å². The summed E-state index contributed by atoms with van der Waals surface area (Å²) >= 11 is 0. The van der Waals surface area contributed by atoms with Crippen LogP contribution >= 0.6 is 0 Å². The van der Waals surface area contributed by atoms with Crippen molar-refractivity contribution in [2.24, 2.45) is 0 Å². The van der Waals surface area contributed by atoms with Crippen LogP contribution in [0.5, 0.6) is 5.75 Å². The average Bonchev–Trinajstić information content (AvgIpc) is 3.29. The van der Waals surface area contributed by atoms with Gasteiger partial charge in [0.2, 0.25) is 20.0 Å². The molecular formula is C23H32N4O7S2. The molecule has 2 saturated heterocycles. The van der Waals surface area contributed by atoms with Gasteiger partial charge in [0, 0.05) is 44.1 Å². The minimum Gasteiger partial charge on any atom is -0.491 e. The van der Waals surface area contributed by atoms with Gasteiger partial charge >= 0.3 is 0 Å². The highest BCUT2D eigenvalue weighted by atomic mass is 32.2. The van der Waals surface area contributed by atoms with Crippen LogP contribution in [-0.2, 0) is 24.8 Å². The number of piperidine rings is 1. The second-order valence-electron chi connectivity index (χ2n) is 9.04. The van der Waals surface area contributed by atoms with Crippen molar-refractivity contribution in [3.63, 3.8) is 0 Å². The lowest BCUT2D eigenvalue weighted by Crippen LogP contribution is -2.47. The number of rotatable bonds is 10. The van der Waals surface area contributed by atoms with Crippen LogP contribution in [0, 0.1) is 0 Å². The smallest absolute Gasteiger partial charge is 0.244 e. The standard InChI is InChI=1S/C23H32N4O7S2/c1-24-35(29,30)21-5-2-4-20(12-21)33-17-19(28)14-26-18-13-23(34-16-18)7-10-27(11-8-23)36(31,32)22-6-3-9-25-15-22/h2-6,9,12,15,18-19,24,26,28H,7-8,10-11,13-14,16-17H2,1H3. The van der Waals surface area contributed by atoms with Gasteiger partial charge in [-0.3, -0.25) is 4.98 Å². The number of hydrogen-bond acceptors (Lipinski definition) is 9. The molecule has 36 heavy (non-hydrogen) atoms. The van der Waals surface area contributed by atoms with Crippen molar-refractivity contribution in [2.75, 3.05) is 39.9 Å². The first-order valence-electron chi connectivity index (χ1n) is 11.8. The fourth-order valence-electron chi connectivity index (χ4n) is 4.51. The predicted octanol–water partition coefficient (Wildman–Crippen LogP) is 0.331. The van der Waals surface area contributed by atoms with E-state index in [1.54, 1.807) is 30.5 Å². The van der Waals surface area contributed by atoms with Crippen molar-refractivity contribution in [1.82, 2.24) is 19.3 Å². The summed E-state index contributed by atoms with van der Waals surface area (Å²) in [6.07, 6.45) is 4.03. The number of aliphatic hydroxyl groups is 1. The number of aliphatic hydroxyl groups excluding tert-OH is 1. The highest BCUT2D eigenvalue weighted by molar-refractivity contribution is 7.89. The third-order valence-corrected chi connectivity index (χ3v) is 9.88. The molecule has 3 N–H and O–H groups in total. The first-order chi connectivity index (χ1) is 17.1. The van der Waals surface area contributed by atoms with E-state index in [2.05, 4.69) is 15.0 Å². The van der Waals surface area contributed by atoms with Gasteiger partial charge in [-0.15, -0.1) is 0 Å². The molecule has 11 nitrogen and oxygen atoms in total. The molecule has 0 radical (unpaired) electrons. The van der Waals surface area contributed by atoms with Crippen LogP contribution in [0.3, 0.4) is 0 Å². The predicted molar refractivity (Wildman–Crippen MR) is 132 cm³/mol. The van der Waals surface area contributed by atoms with E-state index in [1.807, 2.05) is 0 Å². The Labute approximate surface area is 211 Å². The first-order valence-corrected chi connectivity index (χ1v) is 14.7. The van der Waals surface area contributed by atoms with Crippen molar-refractivity contribution >= 4 is 20.0 Å². The van der Waals surface area contributed by atoms with E-state index < -0.39 is 26.2 Å². The Morgan fingerprint density at radius 3 is 2.64 bits per heavy atom. The molecule has 1 aromatic carbocycles. The zero-order valence-electron chi connectivity index (χ0n) is 20.0. The van der Waals surface area contributed by atoms with E-state index in [4.69, 9.17) is 9.47 Å². The summed E-state index contributed by atoms with van der Waals surface area (Å²) in [6, 6.07) is 9.27. The molecule has 3 heterocycles. The molecule has 4 rings (SSSR count). The molecule has 1 aromatic heterocycles. The topological polar surface area (TPSA) is 147 Å². The maximum Gasteiger partial charge on any atom is 0.244 e. The number of nitrogens with one attached hydrogen (secondary N) is 2. The van der Waals surface area contributed by atoms with Gasteiger partial charge in [-0.25, -0.2) is 21.6 Å². The molecule has 2 aromatic rings. The lowest BCUT2D eigenvalue weighted by atomic mass is 9.88. The number of benzene rings is 1. The summed E-state index contributed by atoms with van der Waals surface area (Å²) in [5, 5.41) is 13.6. The monoisotopic (exact) mass is 540 g/mol. The van der Waals surface area contributed by atoms with E-state index in [0.29, 0.717) is 38.3 Å². The summed E-state index contributed by atoms with van der Waals surface area (Å²) < 4.78 is 65.0. The number of hydrogen-bond donors (Lipinski definition) is 3. The third kappa shape index (κ3) is 6.22. The maximum atomic E-state index is 12.8. The van der Waals surface area contributed by atoms with Gasteiger partial charge in [-0.05, 0) is 50.6 Å². The molecule has 2 aliphatic heterocycles. The van der Waals surface area contributed by atoms with Crippen molar-refractivity contribution < 1.29 is 31.4 Å². The van der Waals surface area contributed by atoms with Crippen LogP contribution in [0.4, 0.5) is 0 Å². The zero-order chi connectivity index (χ0) is 25.8. The van der Waals surface area contributed by atoms with E-state index in [-0.39, 0.29) is 34.6 Å². The van der Waals surface area contributed by atoms with Crippen LogP contribution in [0.1, 0.15) is 19.3 Å². The minimum atomic E-state index is -3.58. The van der Waals surface area contributed by atoms with Gasteiger partial charge in [-0.1, -0.05) is 6.07 Å². The Bertz CT molecular complexity index is 1230. The largest absolute Gasteiger partial charge is 0.491 e. The molecule has 2 fully saturated rings. The fraction of sp³-hybridized carbons (Fsp3) is 0.522. The summed E-state index contributed by atoms with van der Waals surface area (Å²) in [7, 11) is -5.81. The first kappa shape index (κ1) is 26.9. The average molecular weight is 541 g/mol. The van der Waals surface area contributed by atoms with Crippen LogP contribution in [0.2, 0.25) is 0 Å². The molecule has 0 saturated carbocycles. The van der Waals surface area contributed by atoms with Crippen molar-refractivity contribution in [3.8, 4) is 5.75 Å². The Hall–Kier alpha value is -2.13. The van der Waals surface area contributed by atoms with Gasteiger partial charge < -0.3 is 19.9 Å². The number of aromatic nitrogens is 1. The van der Waals surface area contributed by atoms with Gasteiger partial charge in [0.15, 0.2) is 0 Å². The Morgan fingerprint density at radius 2 is 1.94 bits per heavy atom. The lowest BCUT2D eigenvalue weighted by molar-refractivity contribution is -0.0312. The molecule has 1 spiro atoms. The van der Waals surface area contributed by atoms with Crippen LogP contribution in [0.15, 0.2) is 58.6 Å². The molecule has 0 bridgehead atoms. The minimum absolute atomic E-state index is 0.00403. The molecule has 2 atom stereocenters. The molecule has 198 valence electrons. The Kier molecular flexibility index (Phi) is 8.29. The zero-order valence-corrected chi connectivity index (χ0v) is 21.7. The van der Waals surface area contributed by atoms with Gasteiger partial charge in [-0.2, -0.15) is 4.31 Å².